The van der Waals surface area contributed by atoms with Crippen LogP contribution in [0.4, 0.5) is 0 Å². The van der Waals surface area contributed by atoms with Crippen molar-refractivity contribution >= 4 is 17.5 Å². The van der Waals surface area contributed by atoms with Gasteiger partial charge in [0, 0.05) is 13.1 Å². The molecule has 19 heavy (non-hydrogen) atoms. The maximum atomic E-state index is 12.2. The van der Waals surface area contributed by atoms with Gasteiger partial charge in [0.05, 0.1) is 7.11 Å². The molecule has 1 unspecified atom stereocenters. The Morgan fingerprint density at radius 1 is 1.53 bits per heavy atom. The number of hydrogen-bond acceptors (Lipinski definition) is 4. The zero-order valence-electron chi connectivity index (χ0n) is 11.5. The van der Waals surface area contributed by atoms with E-state index in [1.165, 1.54) is 18.0 Å². The van der Waals surface area contributed by atoms with Crippen LogP contribution in [0.5, 0.6) is 5.75 Å². The number of carbonyl (C=O) groups excluding carboxylic acids is 1. The molecule has 1 amide bonds. The lowest BCUT2D eigenvalue weighted by molar-refractivity contribution is -0.134. The average molecular weight is 288 g/mol. The molecule has 0 aromatic carbocycles. The second-order valence-corrected chi connectivity index (χ2v) is 4.33. The minimum absolute atomic E-state index is 0.00811. The molecule has 0 N–H and O–H groups in total. The van der Waals surface area contributed by atoms with Crippen LogP contribution in [0, 0.1) is 0 Å². The number of nitrogens with zero attached hydrogens (tertiary/aromatic N) is 3. The van der Waals surface area contributed by atoms with E-state index >= 15 is 0 Å². The van der Waals surface area contributed by atoms with Gasteiger partial charge in [-0.05, 0) is 20.8 Å². The topological polar surface area (TPSA) is 64.4 Å². The van der Waals surface area contributed by atoms with Crippen LogP contribution in [0.1, 0.15) is 26.8 Å². The molecule has 1 rings (SSSR count). The number of amides is 1. The molecule has 0 fully saturated rings. The van der Waals surface area contributed by atoms with Crippen LogP contribution < -0.4 is 10.3 Å². The molecule has 106 valence electrons. The highest BCUT2D eigenvalue weighted by atomic mass is 35.5. The third kappa shape index (κ3) is 3.07. The number of halogens is 1. The summed E-state index contributed by atoms with van der Waals surface area (Å²) in [4.78, 5) is 29.8. The summed E-state index contributed by atoms with van der Waals surface area (Å²) >= 11 is 5.76. The van der Waals surface area contributed by atoms with Crippen LogP contribution in [0.25, 0.3) is 0 Å². The summed E-state index contributed by atoms with van der Waals surface area (Å²) in [6.07, 6.45) is 1.26. The standard InChI is InChI=1S/C12H18ClN3O3/c1-5-15(6-2)11(17)8(3)16-7-14-10(13)9(19-4)12(16)18/h7-8H,5-6H2,1-4H3. The van der Waals surface area contributed by atoms with E-state index in [1.54, 1.807) is 11.8 Å². The highest BCUT2D eigenvalue weighted by molar-refractivity contribution is 6.30. The van der Waals surface area contributed by atoms with Gasteiger partial charge in [-0.25, -0.2) is 4.98 Å². The molecular formula is C12H18ClN3O3. The normalized spacial score (nSPS) is 12.1. The van der Waals surface area contributed by atoms with Crippen LogP contribution in [0.3, 0.4) is 0 Å². The summed E-state index contributed by atoms with van der Waals surface area (Å²) < 4.78 is 6.13. The average Bonchev–Trinajstić information content (AvgIpc) is 2.40. The molecule has 0 saturated carbocycles. The van der Waals surface area contributed by atoms with Gasteiger partial charge in [-0.1, -0.05) is 11.6 Å². The zero-order chi connectivity index (χ0) is 14.6. The SMILES string of the molecule is CCN(CC)C(=O)C(C)n1cnc(Cl)c(OC)c1=O. The molecule has 6 nitrogen and oxygen atoms in total. The second-order valence-electron chi connectivity index (χ2n) is 3.97. The molecule has 0 aliphatic heterocycles. The molecule has 0 aliphatic rings. The van der Waals surface area contributed by atoms with Gasteiger partial charge in [0.2, 0.25) is 11.7 Å². The zero-order valence-corrected chi connectivity index (χ0v) is 12.3. The Balaban J connectivity index is 3.17. The van der Waals surface area contributed by atoms with Crippen molar-refractivity contribution in [3.63, 3.8) is 0 Å². The molecule has 0 spiro atoms. The van der Waals surface area contributed by atoms with Gasteiger partial charge >= 0.3 is 0 Å². The van der Waals surface area contributed by atoms with E-state index in [4.69, 9.17) is 16.3 Å². The van der Waals surface area contributed by atoms with Gasteiger partial charge in [0.25, 0.3) is 5.56 Å². The van der Waals surface area contributed by atoms with Crippen molar-refractivity contribution in [2.45, 2.75) is 26.8 Å². The van der Waals surface area contributed by atoms with Gasteiger partial charge in [-0.3, -0.25) is 14.2 Å². The Kier molecular flexibility index (Phi) is 5.35. The van der Waals surface area contributed by atoms with Crippen molar-refractivity contribution in [2.24, 2.45) is 0 Å². The third-order valence-electron chi connectivity index (χ3n) is 2.97. The van der Waals surface area contributed by atoms with E-state index in [9.17, 15) is 9.59 Å². The molecule has 1 heterocycles. The minimum Gasteiger partial charge on any atom is -0.489 e. The molecular weight excluding hydrogens is 270 g/mol. The van der Waals surface area contributed by atoms with Crippen molar-refractivity contribution in [3.8, 4) is 5.75 Å². The lowest BCUT2D eigenvalue weighted by atomic mass is 10.2. The predicted octanol–water partition coefficient (Wildman–Crippen LogP) is 1.33. The summed E-state index contributed by atoms with van der Waals surface area (Å²) in [6, 6.07) is -0.647. The number of hydrogen-bond donors (Lipinski definition) is 0. The second kappa shape index (κ2) is 6.56. The van der Waals surface area contributed by atoms with Crippen LogP contribution in [-0.4, -0.2) is 40.6 Å². The molecule has 0 bridgehead atoms. The van der Waals surface area contributed by atoms with E-state index in [1.807, 2.05) is 13.8 Å². The summed E-state index contributed by atoms with van der Waals surface area (Å²) in [6.45, 7) is 6.60. The highest BCUT2D eigenvalue weighted by Crippen LogP contribution is 2.17. The van der Waals surface area contributed by atoms with E-state index in [-0.39, 0.29) is 16.8 Å². The maximum absolute atomic E-state index is 12.2. The summed E-state index contributed by atoms with van der Waals surface area (Å²) in [5, 5.41) is -0.00811. The van der Waals surface area contributed by atoms with E-state index in [0.717, 1.165) is 0 Å². The molecule has 0 aliphatic carbocycles. The monoisotopic (exact) mass is 287 g/mol. The molecule has 1 aromatic heterocycles. The summed E-state index contributed by atoms with van der Waals surface area (Å²) in [7, 11) is 1.34. The Morgan fingerprint density at radius 3 is 2.58 bits per heavy atom. The largest absolute Gasteiger partial charge is 0.489 e. The minimum atomic E-state index is -0.647. The number of likely N-dealkylation sites (N-methyl/N-ethyl adjacent to an activating group) is 1. The van der Waals surface area contributed by atoms with Gasteiger partial charge in [-0.15, -0.1) is 0 Å². The Labute approximate surface area is 116 Å². The van der Waals surface area contributed by atoms with Gasteiger partial charge in [-0.2, -0.15) is 0 Å². The van der Waals surface area contributed by atoms with Crippen LogP contribution in [0.15, 0.2) is 11.1 Å². The first-order valence-electron chi connectivity index (χ1n) is 6.07. The van der Waals surface area contributed by atoms with Crippen LogP contribution in [0.2, 0.25) is 5.15 Å². The first-order chi connectivity index (χ1) is 8.97. The van der Waals surface area contributed by atoms with E-state index in [2.05, 4.69) is 4.98 Å². The lowest BCUT2D eigenvalue weighted by Crippen LogP contribution is -2.39. The predicted molar refractivity (Wildman–Crippen MR) is 72.7 cm³/mol. The van der Waals surface area contributed by atoms with Crippen LogP contribution >= 0.6 is 11.6 Å². The van der Waals surface area contributed by atoms with Crippen molar-refractivity contribution < 1.29 is 9.53 Å². The number of rotatable bonds is 5. The number of ether oxygens (including phenoxy) is 1. The van der Waals surface area contributed by atoms with Crippen molar-refractivity contribution in [1.29, 1.82) is 0 Å². The smallest absolute Gasteiger partial charge is 0.298 e. The number of methoxy groups -OCH3 is 1. The van der Waals surface area contributed by atoms with E-state index in [0.29, 0.717) is 13.1 Å². The summed E-state index contributed by atoms with van der Waals surface area (Å²) in [5.74, 6) is -0.193. The quantitative estimate of drug-likeness (QED) is 0.767. The number of carbonyl (C=O) groups is 1. The fraction of sp³-hybridized carbons (Fsp3) is 0.583. The maximum Gasteiger partial charge on any atom is 0.298 e. The van der Waals surface area contributed by atoms with Crippen molar-refractivity contribution in [1.82, 2.24) is 14.5 Å². The molecule has 0 saturated heterocycles. The Bertz CT molecular complexity index is 511. The molecule has 7 heteroatoms. The lowest BCUT2D eigenvalue weighted by Gasteiger charge is -2.24. The highest BCUT2D eigenvalue weighted by Gasteiger charge is 2.23. The Hall–Kier alpha value is -1.56. The first kappa shape index (κ1) is 15.5. The van der Waals surface area contributed by atoms with Crippen LogP contribution in [-0.2, 0) is 4.79 Å². The fourth-order valence-electron chi connectivity index (χ4n) is 1.80. The molecule has 0 radical (unpaired) electrons. The van der Waals surface area contributed by atoms with Crippen molar-refractivity contribution in [3.05, 3.63) is 21.8 Å². The van der Waals surface area contributed by atoms with Gasteiger partial charge in [0.15, 0.2) is 5.15 Å². The number of aromatic nitrogens is 2. The third-order valence-corrected chi connectivity index (χ3v) is 3.23. The van der Waals surface area contributed by atoms with Crippen molar-refractivity contribution in [2.75, 3.05) is 20.2 Å². The summed E-state index contributed by atoms with van der Waals surface area (Å²) in [5.41, 5.74) is -0.462. The van der Waals surface area contributed by atoms with Gasteiger partial charge in [0.1, 0.15) is 12.4 Å². The van der Waals surface area contributed by atoms with Gasteiger partial charge < -0.3 is 9.64 Å². The van der Waals surface area contributed by atoms with E-state index < -0.39 is 11.6 Å². The fourth-order valence-corrected chi connectivity index (χ4v) is 2.00. The molecule has 1 aromatic rings. The molecule has 1 atom stereocenters. The Morgan fingerprint density at radius 2 is 2.11 bits per heavy atom. The first-order valence-corrected chi connectivity index (χ1v) is 6.45.